The molecule has 0 bridgehead atoms. The number of ether oxygens (including phenoxy) is 1. The third-order valence-electron chi connectivity index (χ3n) is 4.08. The Labute approximate surface area is 126 Å². The van der Waals surface area contributed by atoms with Crippen LogP contribution in [0.4, 0.5) is 4.79 Å². The zero-order valence-electron chi connectivity index (χ0n) is 12.8. The van der Waals surface area contributed by atoms with Crippen LogP contribution >= 0.6 is 0 Å². The fourth-order valence-electron chi connectivity index (χ4n) is 2.88. The van der Waals surface area contributed by atoms with E-state index in [4.69, 9.17) is 4.74 Å². The quantitative estimate of drug-likeness (QED) is 0.866. The molecule has 0 heterocycles. The van der Waals surface area contributed by atoms with E-state index in [1.807, 2.05) is 30.3 Å². The number of amides is 1. The predicted octanol–water partition coefficient (Wildman–Crippen LogP) is 3.34. The van der Waals surface area contributed by atoms with E-state index in [1.165, 1.54) is 17.7 Å². The third kappa shape index (κ3) is 5.05. The molecule has 2 rings (SSSR count). The summed E-state index contributed by atoms with van der Waals surface area (Å²) in [4.78, 5) is 13.5. The van der Waals surface area contributed by atoms with E-state index in [2.05, 4.69) is 0 Å². The van der Waals surface area contributed by atoms with Crippen molar-refractivity contribution in [2.24, 2.45) is 0 Å². The SMILES string of the molecule is CN(CC1(O)CCCCCC1)C(=O)OCc1ccccc1. The Kier molecular flexibility index (Phi) is 5.62. The molecule has 0 unspecified atom stereocenters. The monoisotopic (exact) mass is 291 g/mol. The van der Waals surface area contributed by atoms with Gasteiger partial charge in [-0.25, -0.2) is 4.79 Å². The van der Waals surface area contributed by atoms with Gasteiger partial charge >= 0.3 is 6.09 Å². The number of benzene rings is 1. The van der Waals surface area contributed by atoms with Gasteiger partial charge in [-0.2, -0.15) is 0 Å². The summed E-state index contributed by atoms with van der Waals surface area (Å²) in [7, 11) is 1.69. The minimum absolute atomic E-state index is 0.266. The molecular weight excluding hydrogens is 266 g/mol. The van der Waals surface area contributed by atoms with Crippen LogP contribution in [0.3, 0.4) is 0 Å². The number of aliphatic hydroxyl groups is 1. The maximum Gasteiger partial charge on any atom is 0.409 e. The van der Waals surface area contributed by atoms with Crippen LogP contribution < -0.4 is 0 Å². The molecule has 1 saturated carbocycles. The fourth-order valence-corrected chi connectivity index (χ4v) is 2.88. The number of carbonyl (C=O) groups is 1. The van der Waals surface area contributed by atoms with Gasteiger partial charge in [0.15, 0.2) is 0 Å². The van der Waals surface area contributed by atoms with Crippen molar-refractivity contribution in [1.82, 2.24) is 4.90 Å². The van der Waals surface area contributed by atoms with Crippen LogP contribution in [-0.2, 0) is 11.3 Å². The second-order valence-corrected chi connectivity index (χ2v) is 6.03. The molecule has 0 radical (unpaired) electrons. The molecule has 0 aliphatic heterocycles. The summed E-state index contributed by atoms with van der Waals surface area (Å²) in [5.74, 6) is 0. The second-order valence-electron chi connectivity index (χ2n) is 6.03. The summed E-state index contributed by atoms with van der Waals surface area (Å²) in [6.07, 6.45) is 5.56. The van der Waals surface area contributed by atoms with Crippen LogP contribution in [0.15, 0.2) is 30.3 Å². The fraction of sp³-hybridized carbons (Fsp3) is 0.588. The molecule has 4 heteroatoms. The molecule has 1 aliphatic rings. The molecule has 1 aromatic carbocycles. The van der Waals surface area contributed by atoms with Gasteiger partial charge in [-0.05, 0) is 18.4 Å². The molecule has 116 valence electrons. The number of hydrogen-bond acceptors (Lipinski definition) is 3. The van der Waals surface area contributed by atoms with E-state index in [9.17, 15) is 9.90 Å². The van der Waals surface area contributed by atoms with Gasteiger partial charge in [-0.15, -0.1) is 0 Å². The first kappa shape index (κ1) is 15.8. The van der Waals surface area contributed by atoms with Crippen molar-refractivity contribution in [1.29, 1.82) is 0 Å². The van der Waals surface area contributed by atoms with Gasteiger partial charge in [0.2, 0.25) is 0 Å². The van der Waals surface area contributed by atoms with Crippen molar-refractivity contribution in [2.45, 2.75) is 50.7 Å². The molecule has 1 N–H and O–H groups in total. The molecule has 0 saturated heterocycles. The minimum Gasteiger partial charge on any atom is -0.445 e. The van der Waals surface area contributed by atoms with Gasteiger partial charge in [0.1, 0.15) is 6.61 Å². The lowest BCUT2D eigenvalue weighted by Crippen LogP contribution is -2.43. The first-order valence-corrected chi connectivity index (χ1v) is 7.73. The molecule has 21 heavy (non-hydrogen) atoms. The Morgan fingerprint density at radius 1 is 1.19 bits per heavy atom. The number of likely N-dealkylation sites (N-methyl/N-ethyl adjacent to an activating group) is 1. The molecule has 1 fully saturated rings. The maximum absolute atomic E-state index is 12.0. The highest BCUT2D eigenvalue weighted by atomic mass is 16.6. The highest BCUT2D eigenvalue weighted by Gasteiger charge is 2.31. The van der Waals surface area contributed by atoms with E-state index in [-0.39, 0.29) is 12.7 Å². The second kappa shape index (κ2) is 7.46. The van der Waals surface area contributed by atoms with Crippen molar-refractivity contribution >= 4 is 6.09 Å². The van der Waals surface area contributed by atoms with Crippen molar-refractivity contribution < 1.29 is 14.6 Å². The zero-order valence-corrected chi connectivity index (χ0v) is 12.8. The molecule has 4 nitrogen and oxygen atoms in total. The first-order chi connectivity index (χ1) is 10.1. The Balaban J connectivity index is 1.81. The van der Waals surface area contributed by atoms with Crippen LogP contribution in [0.25, 0.3) is 0 Å². The lowest BCUT2D eigenvalue weighted by molar-refractivity contribution is -0.00545. The Hall–Kier alpha value is -1.55. The zero-order chi connectivity index (χ0) is 15.1. The van der Waals surface area contributed by atoms with E-state index in [0.717, 1.165) is 31.2 Å². The van der Waals surface area contributed by atoms with Crippen LogP contribution in [0.5, 0.6) is 0 Å². The van der Waals surface area contributed by atoms with Crippen LogP contribution in [0.2, 0.25) is 0 Å². The summed E-state index contributed by atoms with van der Waals surface area (Å²) in [6, 6.07) is 9.61. The van der Waals surface area contributed by atoms with Gasteiger partial charge in [0.25, 0.3) is 0 Å². The number of hydrogen-bond donors (Lipinski definition) is 1. The highest BCUT2D eigenvalue weighted by molar-refractivity contribution is 5.67. The Morgan fingerprint density at radius 2 is 1.81 bits per heavy atom. The molecular formula is C17H25NO3. The van der Waals surface area contributed by atoms with E-state index in [0.29, 0.717) is 6.54 Å². The smallest absolute Gasteiger partial charge is 0.409 e. The Morgan fingerprint density at radius 3 is 2.43 bits per heavy atom. The number of carbonyl (C=O) groups excluding carboxylic acids is 1. The Bertz CT molecular complexity index is 439. The lowest BCUT2D eigenvalue weighted by atomic mass is 9.94. The number of nitrogens with zero attached hydrogens (tertiary/aromatic N) is 1. The molecule has 1 amide bonds. The molecule has 1 aromatic rings. The lowest BCUT2D eigenvalue weighted by Gasteiger charge is -2.31. The van der Waals surface area contributed by atoms with E-state index >= 15 is 0 Å². The average Bonchev–Trinajstić information content (AvgIpc) is 2.70. The molecule has 0 spiro atoms. The summed E-state index contributed by atoms with van der Waals surface area (Å²) in [5, 5.41) is 10.6. The summed E-state index contributed by atoms with van der Waals surface area (Å²) < 4.78 is 5.28. The van der Waals surface area contributed by atoms with Gasteiger partial charge in [-0.1, -0.05) is 56.0 Å². The predicted molar refractivity (Wildman–Crippen MR) is 81.9 cm³/mol. The van der Waals surface area contributed by atoms with Crippen molar-refractivity contribution in [3.8, 4) is 0 Å². The summed E-state index contributed by atoms with van der Waals surface area (Å²) in [5.41, 5.74) is 0.212. The maximum atomic E-state index is 12.0. The van der Waals surface area contributed by atoms with Crippen LogP contribution in [0.1, 0.15) is 44.1 Å². The van der Waals surface area contributed by atoms with E-state index in [1.54, 1.807) is 7.05 Å². The van der Waals surface area contributed by atoms with Gasteiger partial charge in [0.05, 0.1) is 12.1 Å². The van der Waals surface area contributed by atoms with E-state index < -0.39 is 5.60 Å². The summed E-state index contributed by atoms with van der Waals surface area (Å²) >= 11 is 0. The molecule has 0 atom stereocenters. The van der Waals surface area contributed by atoms with Crippen molar-refractivity contribution in [3.05, 3.63) is 35.9 Å². The topological polar surface area (TPSA) is 49.8 Å². The molecule has 0 aromatic heterocycles. The van der Waals surface area contributed by atoms with Gasteiger partial charge in [-0.3, -0.25) is 0 Å². The first-order valence-electron chi connectivity index (χ1n) is 7.73. The average molecular weight is 291 g/mol. The van der Waals surface area contributed by atoms with Crippen molar-refractivity contribution in [2.75, 3.05) is 13.6 Å². The molecule has 1 aliphatic carbocycles. The number of rotatable bonds is 4. The van der Waals surface area contributed by atoms with Gasteiger partial charge < -0.3 is 14.7 Å². The third-order valence-corrected chi connectivity index (χ3v) is 4.08. The normalized spacial score (nSPS) is 17.8. The van der Waals surface area contributed by atoms with Crippen LogP contribution in [0, 0.1) is 0 Å². The summed E-state index contributed by atoms with van der Waals surface area (Å²) in [6.45, 7) is 0.614. The minimum atomic E-state index is -0.753. The highest BCUT2D eigenvalue weighted by Crippen LogP contribution is 2.27. The van der Waals surface area contributed by atoms with Crippen molar-refractivity contribution in [3.63, 3.8) is 0 Å². The van der Waals surface area contributed by atoms with Gasteiger partial charge in [0, 0.05) is 7.05 Å². The largest absolute Gasteiger partial charge is 0.445 e. The van der Waals surface area contributed by atoms with Crippen LogP contribution in [-0.4, -0.2) is 35.3 Å². The standard InChI is InChI=1S/C17H25NO3/c1-18(14-17(20)11-7-2-3-8-12-17)16(19)21-13-15-9-5-4-6-10-15/h4-6,9-10,20H,2-3,7-8,11-14H2,1H3.